The second-order valence-corrected chi connectivity index (χ2v) is 24.5. The van der Waals surface area contributed by atoms with E-state index in [1.165, 1.54) is 6.26 Å². The molecule has 20 N–H and O–H groups in total. The quantitative estimate of drug-likeness (QED) is 0.0324. The summed E-state index contributed by atoms with van der Waals surface area (Å²) in [6.07, 6.45) is -15.8. The summed E-state index contributed by atoms with van der Waals surface area (Å²) in [5.74, 6) is -10.5. The van der Waals surface area contributed by atoms with Gasteiger partial charge in [0, 0.05) is 51.9 Å². The van der Waals surface area contributed by atoms with Crippen LogP contribution in [-0.4, -0.2) is 257 Å². The zero-order valence-electron chi connectivity index (χ0n) is 50.3. The first-order valence-electron chi connectivity index (χ1n) is 29.4. The van der Waals surface area contributed by atoms with Gasteiger partial charge in [0.2, 0.25) is 59.6 Å². The predicted octanol–water partition coefficient (Wildman–Crippen LogP) is -7.94. The van der Waals surface area contributed by atoms with Crippen molar-refractivity contribution in [2.24, 2.45) is 17.4 Å². The topological polar surface area (TPSA) is 520 Å². The Morgan fingerprint density at radius 2 is 1.39 bits per heavy atom. The summed E-state index contributed by atoms with van der Waals surface area (Å²) >= 11 is -1.34. The van der Waals surface area contributed by atoms with Crippen molar-refractivity contribution in [2.45, 2.75) is 169 Å². The number of rotatable bonds is 25. The van der Waals surface area contributed by atoms with Crippen molar-refractivity contribution in [1.82, 2.24) is 52.3 Å². The molecule has 0 aromatic heterocycles. The first-order chi connectivity index (χ1) is 42.6. The Kier molecular flexibility index (Phi) is 28.5. The molecule has 3 aliphatic heterocycles. The second kappa shape index (κ2) is 34.9. The van der Waals surface area contributed by atoms with Crippen LogP contribution >= 0.6 is 0 Å². The molecular formula is C57H86N12O20S. The molecule has 2 aromatic rings. The van der Waals surface area contributed by atoms with Crippen LogP contribution in [0.3, 0.4) is 0 Å². The molecule has 32 nitrogen and oxygen atoms in total. The van der Waals surface area contributed by atoms with Crippen molar-refractivity contribution >= 4 is 70.8 Å². The van der Waals surface area contributed by atoms with Gasteiger partial charge < -0.3 is 114 Å². The van der Waals surface area contributed by atoms with Crippen molar-refractivity contribution in [3.63, 3.8) is 0 Å². The monoisotopic (exact) mass is 1290 g/mol. The smallest absolute Gasteiger partial charge is 0.248 e. The number of carbonyl (C=O) groups excluding carboxylic acids is 10. The number of benzene rings is 2. The number of phenols is 1. The Hall–Kier alpha value is -7.15. The number of fused-ring (bicyclic) bond motifs is 2. The molecule has 10 amide bonds. The van der Waals surface area contributed by atoms with E-state index in [0.29, 0.717) is 5.56 Å². The first kappa shape index (κ1) is 73.6. The van der Waals surface area contributed by atoms with Gasteiger partial charge in [-0.1, -0.05) is 67.5 Å². The van der Waals surface area contributed by atoms with Crippen LogP contribution in [0.5, 0.6) is 5.75 Å². The highest BCUT2D eigenvalue weighted by molar-refractivity contribution is 7.90. The van der Waals surface area contributed by atoms with Gasteiger partial charge in [-0.25, -0.2) is 0 Å². The third-order valence-corrected chi connectivity index (χ3v) is 16.2. The number of aliphatic hydroxyl groups excluding tert-OH is 7. The van der Waals surface area contributed by atoms with Crippen LogP contribution in [0.2, 0.25) is 0 Å². The third-order valence-electron chi connectivity index (χ3n) is 15.4. The van der Waals surface area contributed by atoms with Crippen LogP contribution < -0.4 is 54.0 Å². The molecule has 3 fully saturated rings. The van der Waals surface area contributed by atoms with E-state index in [1.54, 1.807) is 44.2 Å². The molecule has 0 radical (unpaired) electrons. The standard InChI is InChI=1S/C57H86N12O20S/c1-28(2)22-36(62-50(81)35(61-27-70)16-21-90(4)88)51(82)63-37(23-30-8-6-5-7-9-30)49(80)60-18-14-39(74)43-57(87)68-19-15-40(75)45(68)54(85)67-55(89-20-17-58)41(76)25-34(59)48(79)64-42(29(3)71)56(86)69-26-33(73)24-38(69)52(83)66-44(53(84)65-43)47(78)46(77)31-10-12-32(72)13-11-31/h5-13,27-29,33-47,55,71-78H,14-26,58-59H2,1-4H3,(H,60,80)(H,61,70)(H,62,81)(H,63,82)(H,64,79)(H,65,84)(H,66,83)(H,67,85)/t29-,33-,34?,35+,36+,37+,38+,39-,40+,41-,42+,43?,44+,45+,46+,47+,55-,90?/m1/s1. The molecule has 18 atom stereocenters. The molecule has 0 bridgehead atoms. The lowest BCUT2D eigenvalue weighted by Gasteiger charge is -2.35. The Morgan fingerprint density at radius 3 is 2.01 bits per heavy atom. The van der Waals surface area contributed by atoms with Gasteiger partial charge in [0.15, 0.2) is 6.23 Å². The fourth-order valence-electron chi connectivity index (χ4n) is 10.6. The highest BCUT2D eigenvalue weighted by atomic mass is 32.2. The summed E-state index contributed by atoms with van der Waals surface area (Å²) in [4.78, 5) is 142. The van der Waals surface area contributed by atoms with Gasteiger partial charge in [-0.2, -0.15) is 0 Å². The minimum absolute atomic E-state index is 0.0276. The number of aromatic hydroxyl groups is 1. The molecule has 90 heavy (non-hydrogen) atoms. The highest BCUT2D eigenvalue weighted by Gasteiger charge is 2.49. The van der Waals surface area contributed by atoms with Gasteiger partial charge in [0.25, 0.3) is 0 Å². The van der Waals surface area contributed by atoms with Crippen molar-refractivity contribution in [1.29, 1.82) is 0 Å². The number of amides is 10. The number of nitrogens with one attached hydrogen (secondary N) is 8. The molecule has 0 aliphatic carbocycles. The number of carbonyl (C=O) groups is 10. The Balaban J connectivity index is 1.55. The summed E-state index contributed by atoms with van der Waals surface area (Å²) < 4.78 is 17.5. The van der Waals surface area contributed by atoms with Crippen LogP contribution in [0.25, 0.3) is 0 Å². The van der Waals surface area contributed by atoms with Gasteiger partial charge in [-0.15, -0.1) is 0 Å². The molecule has 0 saturated carbocycles. The Morgan fingerprint density at radius 1 is 0.767 bits per heavy atom. The van der Waals surface area contributed by atoms with E-state index in [2.05, 4.69) is 42.5 Å². The number of nitrogens with zero attached hydrogens (tertiary/aromatic N) is 2. The van der Waals surface area contributed by atoms with Gasteiger partial charge in [-0.05, 0) is 55.4 Å². The lowest BCUT2D eigenvalue weighted by molar-refractivity contribution is -0.149. The van der Waals surface area contributed by atoms with E-state index in [4.69, 9.17) is 16.2 Å². The minimum atomic E-state index is -2.41. The van der Waals surface area contributed by atoms with Crippen molar-refractivity contribution in [3.8, 4) is 5.75 Å². The highest BCUT2D eigenvalue weighted by Crippen LogP contribution is 2.26. The van der Waals surface area contributed by atoms with Crippen LogP contribution in [-0.2, 0) is 70.3 Å². The number of ether oxygens (including phenoxy) is 1. The van der Waals surface area contributed by atoms with E-state index in [-0.39, 0.29) is 68.2 Å². The number of nitrogens with two attached hydrogens (primary N) is 2. The summed E-state index contributed by atoms with van der Waals surface area (Å²) in [6, 6.07) is -2.82. The fourth-order valence-corrected chi connectivity index (χ4v) is 11.1. The van der Waals surface area contributed by atoms with Crippen molar-refractivity contribution in [3.05, 3.63) is 65.7 Å². The maximum absolute atomic E-state index is 15.1. The van der Waals surface area contributed by atoms with Crippen LogP contribution in [0.1, 0.15) is 76.5 Å². The first-order valence-corrected chi connectivity index (χ1v) is 31.2. The molecule has 5 rings (SSSR count). The molecule has 3 heterocycles. The maximum Gasteiger partial charge on any atom is 0.248 e. The van der Waals surface area contributed by atoms with Crippen LogP contribution in [0.15, 0.2) is 54.6 Å². The Labute approximate surface area is 522 Å². The summed E-state index contributed by atoms with van der Waals surface area (Å²) in [7, 11) is 0. The number of hydrogen-bond acceptors (Lipinski definition) is 22. The molecule has 3 unspecified atom stereocenters. The summed E-state index contributed by atoms with van der Waals surface area (Å²) in [6.45, 7) is 2.52. The van der Waals surface area contributed by atoms with E-state index in [0.717, 1.165) is 41.0 Å². The van der Waals surface area contributed by atoms with Gasteiger partial charge in [-0.3, -0.25) is 47.9 Å². The fraction of sp³-hybridized carbons (Fsp3) is 0.614. The van der Waals surface area contributed by atoms with E-state index < -0.39 is 207 Å². The van der Waals surface area contributed by atoms with E-state index in [1.807, 2.05) is 0 Å². The SMILES string of the molecule is CC(C)C[C@H](NC(=O)[C@H](CC[S+](C)[O-])NC=O)C(=O)N[C@@H](Cc1ccccc1)C(=O)NCC[C@@H](O)C1NC(=O)[C@H]([C@H](O)[C@@H](O)c2ccc(O)cc2)NC(=O)[C@@H]2C[C@@H](O)CN2C(=O)[C@H]([C@@H](C)O)NC(=O)C(N)C[C@@H](O)[C@@H](OCCN)NC(=O)[C@@H]2[C@@H](O)CCN2C1=O. The Bertz CT molecular complexity index is 2760. The number of hydrogen-bond donors (Lipinski definition) is 18. The second-order valence-electron chi connectivity index (χ2n) is 22.9. The molecule has 2 aromatic carbocycles. The maximum atomic E-state index is 15.1. The van der Waals surface area contributed by atoms with Crippen molar-refractivity contribution < 1.29 is 98.1 Å². The zero-order chi connectivity index (χ0) is 66.7. The third kappa shape index (κ3) is 20.7. The largest absolute Gasteiger partial charge is 0.617 e. The predicted molar refractivity (Wildman–Crippen MR) is 318 cm³/mol. The molecule has 0 spiro atoms. The number of phenolic OH excluding ortho intramolecular Hbond substituents is 1. The van der Waals surface area contributed by atoms with Crippen LogP contribution in [0, 0.1) is 5.92 Å². The summed E-state index contributed by atoms with van der Waals surface area (Å²) in [5.41, 5.74) is 12.3. The van der Waals surface area contributed by atoms with Gasteiger partial charge >= 0.3 is 0 Å². The summed E-state index contributed by atoms with van der Waals surface area (Å²) in [5, 5.41) is 110. The zero-order valence-corrected chi connectivity index (χ0v) is 51.1. The average molecular weight is 1290 g/mol. The molecular weight excluding hydrogens is 1200 g/mol. The lowest BCUT2D eigenvalue weighted by atomic mass is 9.96. The van der Waals surface area contributed by atoms with E-state index >= 15 is 4.79 Å². The number of aliphatic hydroxyl groups is 7. The van der Waals surface area contributed by atoms with Gasteiger partial charge in [0.05, 0.1) is 43.3 Å². The van der Waals surface area contributed by atoms with Gasteiger partial charge in [0.1, 0.15) is 78.1 Å². The molecule has 3 aliphatic rings. The normalized spacial score (nSPS) is 26.7. The van der Waals surface area contributed by atoms with Crippen LogP contribution in [0.4, 0.5) is 0 Å². The van der Waals surface area contributed by atoms with Crippen molar-refractivity contribution in [2.75, 3.05) is 44.8 Å². The minimum Gasteiger partial charge on any atom is -0.617 e. The van der Waals surface area contributed by atoms with E-state index in [9.17, 15) is 88.6 Å². The molecule has 33 heteroatoms. The molecule has 500 valence electrons. The lowest BCUT2D eigenvalue weighted by Crippen LogP contribution is -2.64. The molecule has 3 saturated heterocycles. The average Bonchev–Trinajstić information content (AvgIpc) is 1.91.